The molecule has 0 aliphatic heterocycles. The number of benzene rings is 2. The average molecular weight is 275 g/mol. The van der Waals surface area contributed by atoms with Crippen LogP contribution in [0.25, 0.3) is 16.7 Å². The summed E-state index contributed by atoms with van der Waals surface area (Å²) in [4.78, 5) is 3.25. The standard InChI is InChI=1S/C13H10N2.BrH/c1-2-6-11(7-3-1)15-10-14-12-8-4-5-9-13(12)15;/h1-10H;1H. The number of para-hydroxylation sites is 3. The van der Waals surface area contributed by atoms with Crippen LogP contribution in [-0.2, 0) is 0 Å². The van der Waals surface area contributed by atoms with E-state index in [1.165, 1.54) is 11.2 Å². The van der Waals surface area contributed by atoms with Crippen LogP contribution in [0.5, 0.6) is 0 Å². The Kier molecular flexibility index (Phi) is 3.06. The van der Waals surface area contributed by atoms with E-state index in [-0.39, 0.29) is 17.0 Å². The molecule has 2 nitrogen and oxygen atoms in total. The van der Waals surface area contributed by atoms with E-state index in [1.807, 2.05) is 30.6 Å². The Bertz CT molecular complexity index is 587. The Hall–Kier alpha value is -1.61. The maximum absolute atomic E-state index is 3.25. The smallest absolute Gasteiger partial charge is 0.247 e. The number of aromatic nitrogens is 2. The minimum absolute atomic E-state index is 0. The fourth-order valence-corrected chi connectivity index (χ4v) is 1.81. The van der Waals surface area contributed by atoms with E-state index >= 15 is 0 Å². The highest BCUT2D eigenvalue weighted by atomic mass is 79.9. The predicted molar refractivity (Wildman–Crippen MR) is 59.8 cm³/mol. The second kappa shape index (κ2) is 4.49. The second-order valence-corrected chi connectivity index (χ2v) is 3.50. The van der Waals surface area contributed by atoms with Gasteiger partial charge in [0.05, 0.1) is 0 Å². The molecular formula is C13H11BrN2. The quantitative estimate of drug-likeness (QED) is 0.575. The Balaban J connectivity index is 0.000000963. The zero-order chi connectivity index (χ0) is 10.1. The summed E-state index contributed by atoms with van der Waals surface area (Å²) in [5, 5.41) is 0. The zero-order valence-corrected chi connectivity index (χ0v) is 10.2. The van der Waals surface area contributed by atoms with Gasteiger partial charge < -0.3 is 17.0 Å². The highest BCUT2D eigenvalue weighted by Gasteiger charge is 2.09. The van der Waals surface area contributed by atoms with Crippen molar-refractivity contribution in [2.75, 3.05) is 0 Å². The van der Waals surface area contributed by atoms with Crippen molar-refractivity contribution in [3.63, 3.8) is 0 Å². The number of aromatic amines is 1. The van der Waals surface area contributed by atoms with E-state index in [0.717, 1.165) is 5.52 Å². The lowest BCUT2D eigenvalue weighted by Gasteiger charge is -1.95. The summed E-state index contributed by atoms with van der Waals surface area (Å²) in [7, 11) is 0. The van der Waals surface area contributed by atoms with Crippen LogP contribution in [0.4, 0.5) is 0 Å². The molecule has 80 valence electrons. The molecule has 0 spiro atoms. The number of imidazole rings is 1. The van der Waals surface area contributed by atoms with Crippen molar-refractivity contribution in [2.45, 2.75) is 0 Å². The van der Waals surface area contributed by atoms with Gasteiger partial charge in [-0.25, -0.2) is 4.98 Å². The molecule has 0 amide bonds. The normalized spacial score (nSPS) is 10.0. The predicted octanol–water partition coefficient (Wildman–Crippen LogP) is -0.551. The van der Waals surface area contributed by atoms with Crippen LogP contribution in [0.15, 0.2) is 60.9 Å². The molecule has 16 heavy (non-hydrogen) atoms. The number of halogens is 1. The van der Waals surface area contributed by atoms with Crippen molar-refractivity contribution in [3.05, 3.63) is 60.9 Å². The highest BCUT2D eigenvalue weighted by Crippen LogP contribution is 2.08. The molecule has 0 saturated carbocycles. The van der Waals surface area contributed by atoms with Gasteiger partial charge in [-0.1, -0.05) is 30.3 Å². The molecule has 0 aliphatic carbocycles. The van der Waals surface area contributed by atoms with Gasteiger partial charge in [0.1, 0.15) is 5.69 Å². The molecule has 0 bridgehead atoms. The van der Waals surface area contributed by atoms with Crippen LogP contribution < -0.4 is 21.5 Å². The zero-order valence-electron chi connectivity index (χ0n) is 8.60. The lowest BCUT2D eigenvalue weighted by atomic mass is 10.3. The minimum atomic E-state index is 0. The molecule has 1 aromatic heterocycles. The van der Waals surface area contributed by atoms with Gasteiger partial charge in [0.2, 0.25) is 6.33 Å². The number of H-pyrrole nitrogens is 1. The van der Waals surface area contributed by atoms with Gasteiger partial charge in [-0.05, 0) is 24.3 Å². The number of hydrogen-bond acceptors (Lipinski definition) is 0. The monoisotopic (exact) mass is 274 g/mol. The number of fused-ring (bicyclic) bond motifs is 1. The first-order valence-electron chi connectivity index (χ1n) is 4.98. The SMILES string of the molecule is [Br-].c1ccc(-[n+]2c[nH]c3ccccc32)cc1. The molecule has 3 rings (SSSR count). The summed E-state index contributed by atoms with van der Waals surface area (Å²) < 4.78 is 2.15. The van der Waals surface area contributed by atoms with Crippen molar-refractivity contribution in [3.8, 4) is 5.69 Å². The first-order chi connectivity index (χ1) is 7.45. The molecule has 0 saturated heterocycles. The molecule has 2 aromatic carbocycles. The van der Waals surface area contributed by atoms with Crippen LogP contribution in [-0.4, -0.2) is 4.98 Å². The van der Waals surface area contributed by atoms with E-state index in [9.17, 15) is 0 Å². The lowest BCUT2D eigenvalue weighted by Crippen LogP contribution is -3.00. The summed E-state index contributed by atoms with van der Waals surface area (Å²) >= 11 is 0. The van der Waals surface area contributed by atoms with Crippen LogP contribution in [0.3, 0.4) is 0 Å². The Morgan fingerprint density at radius 2 is 1.50 bits per heavy atom. The molecule has 0 fully saturated rings. The second-order valence-electron chi connectivity index (χ2n) is 3.50. The van der Waals surface area contributed by atoms with Gasteiger partial charge in [0.25, 0.3) is 0 Å². The molecular weight excluding hydrogens is 264 g/mol. The summed E-state index contributed by atoms with van der Waals surface area (Å²) in [6.07, 6.45) is 1.99. The molecule has 0 radical (unpaired) electrons. The molecule has 0 atom stereocenters. The van der Waals surface area contributed by atoms with E-state index in [2.05, 4.69) is 39.9 Å². The summed E-state index contributed by atoms with van der Waals surface area (Å²) in [6.45, 7) is 0. The third-order valence-electron chi connectivity index (χ3n) is 2.55. The van der Waals surface area contributed by atoms with Crippen molar-refractivity contribution in [1.29, 1.82) is 0 Å². The molecule has 3 heteroatoms. The van der Waals surface area contributed by atoms with Crippen molar-refractivity contribution < 1.29 is 21.5 Å². The maximum Gasteiger partial charge on any atom is 0.247 e. The molecule has 0 aliphatic rings. The van der Waals surface area contributed by atoms with Gasteiger partial charge in [-0.3, -0.25) is 0 Å². The molecule has 3 aromatic rings. The van der Waals surface area contributed by atoms with Crippen molar-refractivity contribution in [1.82, 2.24) is 4.98 Å². The van der Waals surface area contributed by atoms with Crippen molar-refractivity contribution in [2.24, 2.45) is 0 Å². The first kappa shape index (κ1) is 10.9. The average Bonchev–Trinajstić information content (AvgIpc) is 2.74. The summed E-state index contributed by atoms with van der Waals surface area (Å²) in [6, 6.07) is 18.6. The Labute approximate surface area is 104 Å². The fraction of sp³-hybridized carbons (Fsp3) is 0. The first-order valence-corrected chi connectivity index (χ1v) is 4.98. The molecule has 1 heterocycles. The third-order valence-corrected chi connectivity index (χ3v) is 2.55. The Morgan fingerprint density at radius 1 is 0.812 bits per heavy atom. The maximum atomic E-state index is 3.25. The minimum Gasteiger partial charge on any atom is -1.00 e. The number of hydrogen-bond donors (Lipinski definition) is 1. The van der Waals surface area contributed by atoms with Crippen LogP contribution in [0, 0.1) is 0 Å². The van der Waals surface area contributed by atoms with E-state index < -0.39 is 0 Å². The van der Waals surface area contributed by atoms with Crippen molar-refractivity contribution >= 4 is 11.0 Å². The number of nitrogens with one attached hydrogen (secondary N) is 1. The van der Waals surface area contributed by atoms with Gasteiger partial charge >= 0.3 is 0 Å². The number of rotatable bonds is 1. The van der Waals surface area contributed by atoms with Gasteiger partial charge in [-0.2, -0.15) is 4.57 Å². The largest absolute Gasteiger partial charge is 1.00 e. The van der Waals surface area contributed by atoms with E-state index in [0.29, 0.717) is 0 Å². The van der Waals surface area contributed by atoms with Crippen LogP contribution in [0.1, 0.15) is 0 Å². The summed E-state index contributed by atoms with van der Waals surface area (Å²) in [5.41, 5.74) is 3.53. The number of nitrogens with zero attached hydrogens (tertiary/aromatic N) is 1. The van der Waals surface area contributed by atoms with E-state index in [1.54, 1.807) is 0 Å². The van der Waals surface area contributed by atoms with Crippen LogP contribution >= 0.6 is 0 Å². The molecule has 1 N–H and O–H groups in total. The fourth-order valence-electron chi connectivity index (χ4n) is 1.81. The lowest BCUT2D eigenvalue weighted by molar-refractivity contribution is -0.567. The van der Waals surface area contributed by atoms with Gasteiger partial charge in [-0.15, -0.1) is 0 Å². The van der Waals surface area contributed by atoms with Gasteiger partial charge in [0.15, 0.2) is 11.0 Å². The third kappa shape index (κ3) is 1.74. The van der Waals surface area contributed by atoms with Crippen LogP contribution in [0.2, 0.25) is 0 Å². The topological polar surface area (TPSA) is 19.7 Å². The Morgan fingerprint density at radius 3 is 2.31 bits per heavy atom. The molecule has 0 unspecified atom stereocenters. The van der Waals surface area contributed by atoms with Gasteiger partial charge in [0, 0.05) is 0 Å². The summed E-state index contributed by atoms with van der Waals surface area (Å²) in [5.74, 6) is 0. The highest BCUT2D eigenvalue weighted by molar-refractivity contribution is 5.71. The van der Waals surface area contributed by atoms with E-state index in [4.69, 9.17) is 0 Å².